The van der Waals surface area contributed by atoms with Crippen molar-refractivity contribution >= 4 is 50.4 Å². The van der Waals surface area contributed by atoms with E-state index in [4.69, 9.17) is 17.0 Å². The number of hydrogen-bond donors (Lipinski definition) is 1. The van der Waals surface area contributed by atoms with Crippen molar-refractivity contribution in [1.82, 2.24) is 0 Å². The third-order valence-electron chi connectivity index (χ3n) is 4.91. The van der Waals surface area contributed by atoms with Gasteiger partial charge in [0.15, 0.2) is 6.61 Å². The summed E-state index contributed by atoms with van der Waals surface area (Å²) in [5.74, 6) is 0.970. The van der Waals surface area contributed by atoms with E-state index in [0.29, 0.717) is 22.2 Å². The molecular weight excluding hydrogens is 456 g/mol. The lowest BCUT2D eigenvalue weighted by molar-refractivity contribution is -0.118. The van der Waals surface area contributed by atoms with E-state index in [-0.39, 0.29) is 12.5 Å². The van der Waals surface area contributed by atoms with Gasteiger partial charge in [0.05, 0.1) is 9.39 Å². The van der Waals surface area contributed by atoms with Gasteiger partial charge in [-0.25, -0.2) is 0 Å². The number of nitriles is 1. The predicted molar refractivity (Wildman–Crippen MR) is 119 cm³/mol. The lowest BCUT2D eigenvalue weighted by Crippen LogP contribution is -2.22. The fourth-order valence-electron chi connectivity index (χ4n) is 3.57. The Balaban J connectivity index is 1.79. The van der Waals surface area contributed by atoms with Gasteiger partial charge in [0.25, 0.3) is 5.91 Å². The molecular formula is C21H21BrN2O2S2. The van der Waals surface area contributed by atoms with E-state index in [1.807, 2.05) is 26.0 Å². The van der Waals surface area contributed by atoms with Crippen LogP contribution in [0.2, 0.25) is 0 Å². The highest BCUT2D eigenvalue weighted by Crippen LogP contribution is 2.36. The highest BCUT2D eigenvalue weighted by molar-refractivity contribution is 9.10. The monoisotopic (exact) mass is 476 g/mol. The largest absolute Gasteiger partial charge is 0.483 e. The smallest absolute Gasteiger partial charge is 0.262 e. The van der Waals surface area contributed by atoms with Crippen molar-refractivity contribution < 1.29 is 9.53 Å². The van der Waals surface area contributed by atoms with Crippen LogP contribution in [0.25, 0.3) is 0 Å². The maximum Gasteiger partial charge on any atom is 0.262 e. The van der Waals surface area contributed by atoms with E-state index in [1.54, 1.807) is 0 Å². The number of ether oxygens (including phenoxy) is 1. The SMILES string of the molecule is Cc1cc(Br)cc(C)c1OCC(=O)Nc1sc(=S)c2c(c1C#N)CCC(C)C2. The zero-order valence-corrected chi connectivity index (χ0v) is 19.2. The maximum atomic E-state index is 12.5. The summed E-state index contributed by atoms with van der Waals surface area (Å²) in [6.45, 7) is 5.96. The summed E-state index contributed by atoms with van der Waals surface area (Å²) in [4.78, 5) is 12.5. The second-order valence-corrected chi connectivity index (χ2v) is 9.82. The van der Waals surface area contributed by atoms with Crippen molar-refractivity contribution in [2.45, 2.75) is 40.0 Å². The fraction of sp³-hybridized carbons (Fsp3) is 0.381. The summed E-state index contributed by atoms with van der Waals surface area (Å²) < 4.78 is 7.48. The molecule has 1 aromatic heterocycles. The molecule has 1 atom stereocenters. The predicted octanol–water partition coefficient (Wildman–Crippen LogP) is 5.87. The van der Waals surface area contributed by atoms with Gasteiger partial charge in [0, 0.05) is 4.47 Å². The lowest BCUT2D eigenvalue weighted by Gasteiger charge is -2.23. The van der Waals surface area contributed by atoms with Crippen LogP contribution in [0.1, 0.15) is 41.2 Å². The van der Waals surface area contributed by atoms with E-state index in [2.05, 4.69) is 34.2 Å². The van der Waals surface area contributed by atoms with Gasteiger partial charge in [0.2, 0.25) is 0 Å². The number of hydrogen-bond acceptors (Lipinski definition) is 5. The molecule has 1 heterocycles. The van der Waals surface area contributed by atoms with Crippen LogP contribution in [0.15, 0.2) is 16.6 Å². The topological polar surface area (TPSA) is 62.1 Å². The van der Waals surface area contributed by atoms with Crippen molar-refractivity contribution in [3.63, 3.8) is 0 Å². The molecule has 4 nitrogen and oxygen atoms in total. The number of rotatable bonds is 4. The normalized spacial score (nSPS) is 15.5. The first-order chi connectivity index (χ1) is 13.3. The minimum Gasteiger partial charge on any atom is -0.483 e. The number of fused-ring (bicyclic) bond motifs is 1. The first-order valence-corrected chi connectivity index (χ1v) is 11.1. The molecule has 1 aliphatic rings. The molecule has 3 rings (SSSR count). The number of anilines is 1. The second kappa shape index (κ2) is 8.73. The van der Waals surface area contributed by atoms with Crippen molar-refractivity contribution in [2.24, 2.45) is 5.92 Å². The molecule has 0 fully saturated rings. The average Bonchev–Trinajstić information content (AvgIpc) is 2.61. The lowest BCUT2D eigenvalue weighted by atomic mass is 9.85. The highest BCUT2D eigenvalue weighted by Gasteiger charge is 2.23. The number of amides is 1. The number of halogens is 1. The molecule has 0 saturated heterocycles. The van der Waals surface area contributed by atoms with Gasteiger partial charge in [-0.05, 0) is 73.4 Å². The molecule has 1 unspecified atom stereocenters. The van der Waals surface area contributed by atoms with Crippen molar-refractivity contribution in [3.05, 3.63) is 48.2 Å². The van der Waals surface area contributed by atoms with Crippen LogP contribution < -0.4 is 10.1 Å². The van der Waals surface area contributed by atoms with E-state index < -0.39 is 0 Å². The summed E-state index contributed by atoms with van der Waals surface area (Å²) in [6, 6.07) is 6.17. The standard InChI is InChI=1S/C21H21BrN2O2S2/c1-11-4-5-15-16(6-11)21(27)28-20(17(15)9-23)24-18(25)10-26-19-12(2)7-14(22)8-13(19)3/h7-8,11H,4-6,10H2,1-3H3,(H,24,25). The Morgan fingerprint density at radius 2 is 2.07 bits per heavy atom. The number of aryl methyl sites for hydroxylation is 2. The molecule has 1 amide bonds. The van der Waals surface area contributed by atoms with Crippen LogP contribution >= 0.6 is 39.5 Å². The first kappa shape index (κ1) is 21.0. The van der Waals surface area contributed by atoms with Gasteiger partial charge in [-0.1, -0.05) is 35.1 Å². The summed E-state index contributed by atoms with van der Waals surface area (Å²) in [5, 5.41) is 13.1. The van der Waals surface area contributed by atoms with Crippen LogP contribution in [0.5, 0.6) is 5.75 Å². The molecule has 0 saturated carbocycles. The van der Waals surface area contributed by atoms with E-state index >= 15 is 0 Å². The molecule has 0 bridgehead atoms. The van der Waals surface area contributed by atoms with E-state index in [0.717, 1.165) is 49.8 Å². The zero-order valence-electron chi connectivity index (χ0n) is 16.0. The molecule has 2 aromatic rings. The molecule has 0 radical (unpaired) electrons. The van der Waals surface area contributed by atoms with Gasteiger partial charge in [-0.3, -0.25) is 4.79 Å². The molecule has 1 N–H and O–H groups in total. The van der Waals surface area contributed by atoms with Gasteiger partial charge in [-0.15, -0.1) is 11.3 Å². The molecule has 0 spiro atoms. The molecule has 7 heteroatoms. The summed E-state index contributed by atoms with van der Waals surface area (Å²) >= 11 is 10.3. The number of carbonyl (C=O) groups excluding carboxylic acids is 1. The van der Waals surface area contributed by atoms with Crippen LogP contribution in [-0.4, -0.2) is 12.5 Å². The van der Waals surface area contributed by atoms with Gasteiger partial charge < -0.3 is 10.1 Å². The van der Waals surface area contributed by atoms with Crippen molar-refractivity contribution in [3.8, 4) is 11.8 Å². The summed E-state index contributed by atoms with van der Waals surface area (Å²) in [5.41, 5.74) is 4.56. The maximum absolute atomic E-state index is 12.5. The number of nitrogens with zero attached hydrogens (tertiary/aromatic N) is 1. The number of nitrogens with one attached hydrogen (secondary N) is 1. The Labute approximate surface area is 182 Å². The Kier molecular flexibility index (Phi) is 6.54. The van der Waals surface area contributed by atoms with E-state index in [1.165, 1.54) is 11.3 Å². The Morgan fingerprint density at radius 3 is 2.71 bits per heavy atom. The quantitative estimate of drug-likeness (QED) is 0.560. The summed E-state index contributed by atoms with van der Waals surface area (Å²) in [7, 11) is 0. The average molecular weight is 477 g/mol. The first-order valence-electron chi connectivity index (χ1n) is 9.08. The summed E-state index contributed by atoms with van der Waals surface area (Å²) in [6.07, 6.45) is 2.76. The minimum absolute atomic E-state index is 0.123. The molecule has 28 heavy (non-hydrogen) atoms. The van der Waals surface area contributed by atoms with Crippen LogP contribution in [-0.2, 0) is 17.6 Å². The number of benzene rings is 1. The Bertz CT molecular complexity index is 1020. The van der Waals surface area contributed by atoms with Gasteiger partial charge >= 0.3 is 0 Å². The van der Waals surface area contributed by atoms with Crippen LogP contribution in [0, 0.1) is 34.9 Å². The van der Waals surface area contributed by atoms with Crippen LogP contribution in [0.4, 0.5) is 5.00 Å². The van der Waals surface area contributed by atoms with Gasteiger partial charge in [0.1, 0.15) is 16.8 Å². The number of carbonyl (C=O) groups is 1. The highest BCUT2D eigenvalue weighted by atomic mass is 79.9. The molecule has 1 aromatic carbocycles. The Morgan fingerprint density at radius 1 is 1.39 bits per heavy atom. The molecule has 1 aliphatic carbocycles. The van der Waals surface area contributed by atoms with E-state index in [9.17, 15) is 10.1 Å². The van der Waals surface area contributed by atoms with Crippen LogP contribution in [0.3, 0.4) is 0 Å². The van der Waals surface area contributed by atoms with Crippen molar-refractivity contribution in [2.75, 3.05) is 11.9 Å². The minimum atomic E-state index is -0.298. The van der Waals surface area contributed by atoms with Crippen molar-refractivity contribution in [1.29, 1.82) is 5.26 Å². The molecule has 146 valence electrons. The third kappa shape index (κ3) is 4.45. The third-order valence-corrected chi connectivity index (χ3v) is 6.81. The zero-order chi connectivity index (χ0) is 20.4. The Hall–Kier alpha value is -1.75. The van der Waals surface area contributed by atoms with Gasteiger partial charge in [-0.2, -0.15) is 5.26 Å². The second-order valence-electron chi connectivity index (χ2n) is 7.22. The fourth-order valence-corrected chi connectivity index (χ4v) is 5.67. The molecule has 0 aliphatic heterocycles.